The number of aromatic hydroxyl groups is 1. The van der Waals surface area contributed by atoms with E-state index in [9.17, 15) is 9.50 Å². The summed E-state index contributed by atoms with van der Waals surface area (Å²) in [6.07, 6.45) is 0. The average molecular weight is 416 g/mol. The molecule has 162 valence electrons. The van der Waals surface area contributed by atoms with E-state index in [0.717, 1.165) is 18.8 Å². The molecule has 3 N–H and O–H groups in total. The van der Waals surface area contributed by atoms with E-state index >= 15 is 0 Å². The summed E-state index contributed by atoms with van der Waals surface area (Å²) in [4.78, 5) is 6.66. The van der Waals surface area contributed by atoms with Gasteiger partial charge in [-0.2, -0.15) is 0 Å². The van der Waals surface area contributed by atoms with Crippen LogP contribution in [0.5, 0.6) is 11.5 Å². The Balaban J connectivity index is 1.64. The van der Waals surface area contributed by atoms with Crippen LogP contribution in [0.25, 0.3) is 0 Å². The molecule has 0 aliphatic carbocycles. The number of phenolic OH excluding ortho intramolecular Hbond substituents is 1. The van der Waals surface area contributed by atoms with Gasteiger partial charge >= 0.3 is 0 Å². The maximum Gasteiger partial charge on any atom is 0.191 e. The fourth-order valence-electron chi connectivity index (χ4n) is 3.43. The van der Waals surface area contributed by atoms with Crippen molar-refractivity contribution in [1.29, 1.82) is 0 Å². The fourth-order valence-corrected chi connectivity index (χ4v) is 3.43. The minimum Gasteiger partial charge on any atom is -0.505 e. The molecule has 0 spiro atoms. The molecule has 2 aromatic rings. The maximum atomic E-state index is 13.5. The Labute approximate surface area is 176 Å². The monoisotopic (exact) mass is 416 g/mol. The molecule has 1 atom stereocenters. The summed E-state index contributed by atoms with van der Waals surface area (Å²) in [7, 11) is 3.36. The maximum absolute atomic E-state index is 13.5. The van der Waals surface area contributed by atoms with Crippen LogP contribution < -0.4 is 15.4 Å². The van der Waals surface area contributed by atoms with Crippen molar-refractivity contribution in [3.05, 3.63) is 59.4 Å². The lowest BCUT2D eigenvalue weighted by atomic mass is 10.0. The van der Waals surface area contributed by atoms with Crippen molar-refractivity contribution in [1.82, 2.24) is 15.5 Å². The SMILES string of the molecule is CN=C(NCc1ccc(O)c(F)c1)NCC(c1ccc(OC)cc1)N1CCOCC1. The lowest BCUT2D eigenvalue weighted by Crippen LogP contribution is -2.46. The highest BCUT2D eigenvalue weighted by molar-refractivity contribution is 5.79. The molecule has 8 heteroatoms. The molecular weight excluding hydrogens is 387 g/mol. The van der Waals surface area contributed by atoms with Crippen LogP contribution in [-0.2, 0) is 11.3 Å². The van der Waals surface area contributed by atoms with Crippen LogP contribution in [0.3, 0.4) is 0 Å². The van der Waals surface area contributed by atoms with Gasteiger partial charge in [-0.25, -0.2) is 4.39 Å². The van der Waals surface area contributed by atoms with E-state index in [1.807, 2.05) is 12.1 Å². The van der Waals surface area contributed by atoms with Gasteiger partial charge in [0.05, 0.1) is 26.4 Å². The first-order valence-corrected chi connectivity index (χ1v) is 9.98. The molecule has 1 aliphatic rings. The number of aliphatic imine (C=N–C) groups is 1. The highest BCUT2D eigenvalue weighted by atomic mass is 19.1. The average Bonchev–Trinajstić information content (AvgIpc) is 2.79. The molecule has 0 aromatic heterocycles. The minimum absolute atomic E-state index is 0.143. The van der Waals surface area contributed by atoms with E-state index in [1.165, 1.54) is 17.7 Å². The highest BCUT2D eigenvalue weighted by Crippen LogP contribution is 2.23. The van der Waals surface area contributed by atoms with Crippen LogP contribution in [0, 0.1) is 5.82 Å². The third kappa shape index (κ3) is 5.84. The molecule has 1 heterocycles. The van der Waals surface area contributed by atoms with E-state index in [0.29, 0.717) is 37.8 Å². The summed E-state index contributed by atoms with van der Waals surface area (Å²) in [5.41, 5.74) is 1.90. The number of hydrogen-bond donors (Lipinski definition) is 3. The molecule has 0 bridgehead atoms. The quantitative estimate of drug-likeness (QED) is 0.475. The Morgan fingerprint density at radius 3 is 2.57 bits per heavy atom. The van der Waals surface area contributed by atoms with E-state index in [1.54, 1.807) is 20.2 Å². The van der Waals surface area contributed by atoms with Gasteiger partial charge in [0.15, 0.2) is 17.5 Å². The summed E-state index contributed by atoms with van der Waals surface area (Å²) >= 11 is 0. The first-order chi connectivity index (χ1) is 14.6. The van der Waals surface area contributed by atoms with Gasteiger partial charge < -0.3 is 25.2 Å². The van der Waals surface area contributed by atoms with E-state index < -0.39 is 5.82 Å². The number of morpholine rings is 1. The lowest BCUT2D eigenvalue weighted by molar-refractivity contribution is 0.0170. The van der Waals surface area contributed by atoms with E-state index in [-0.39, 0.29) is 11.8 Å². The number of nitrogens with zero attached hydrogens (tertiary/aromatic N) is 2. The number of halogens is 1. The van der Waals surface area contributed by atoms with E-state index in [2.05, 4.69) is 32.7 Å². The van der Waals surface area contributed by atoms with Crippen LogP contribution in [0.4, 0.5) is 4.39 Å². The third-order valence-electron chi connectivity index (χ3n) is 5.15. The lowest BCUT2D eigenvalue weighted by Gasteiger charge is -2.35. The predicted octanol–water partition coefficient (Wildman–Crippen LogP) is 2.28. The first kappa shape index (κ1) is 21.9. The van der Waals surface area contributed by atoms with Gasteiger partial charge in [0, 0.05) is 33.2 Å². The first-order valence-electron chi connectivity index (χ1n) is 9.98. The number of methoxy groups -OCH3 is 1. The molecule has 1 saturated heterocycles. The molecule has 30 heavy (non-hydrogen) atoms. The Bertz CT molecular complexity index is 839. The van der Waals surface area contributed by atoms with Crippen LogP contribution in [0.15, 0.2) is 47.5 Å². The molecule has 1 unspecified atom stereocenters. The van der Waals surface area contributed by atoms with Gasteiger partial charge in [-0.3, -0.25) is 9.89 Å². The van der Waals surface area contributed by atoms with Crippen molar-refractivity contribution in [2.45, 2.75) is 12.6 Å². The fraction of sp³-hybridized carbons (Fsp3) is 0.409. The number of benzene rings is 2. The van der Waals surface area contributed by atoms with Crippen LogP contribution >= 0.6 is 0 Å². The summed E-state index contributed by atoms with van der Waals surface area (Å²) in [6.45, 7) is 4.18. The second kappa shape index (κ2) is 10.8. The molecule has 0 amide bonds. The van der Waals surface area contributed by atoms with Crippen molar-refractivity contribution in [3.8, 4) is 11.5 Å². The molecule has 2 aromatic carbocycles. The molecular formula is C22H29FN4O3. The van der Waals surface area contributed by atoms with Gasteiger partial charge in [-0.05, 0) is 35.4 Å². The zero-order valence-electron chi connectivity index (χ0n) is 17.4. The Hall–Kier alpha value is -2.84. The standard InChI is InChI=1S/C22H29FN4O3/c1-24-22(25-14-16-3-8-21(28)19(23)13-16)26-15-20(27-9-11-30-12-10-27)17-4-6-18(29-2)7-5-17/h3-8,13,20,28H,9-12,14-15H2,1-2H3,(H2,24,25,26). The van der Waals surface area contributed by atoms with Crippen LogP contribution in [0.1, 0.15) is 17.2 Å². The molecule has 1 aliphatic heterocycles. The topological polar surface area (TPSA) is 78.4 Å². The largest absolute Gasteiger partial charge is 0.505 e. The molecule has 1 fully saturated rings. The zero-order valence-corrected chi connectivity index (χ0v) is 17.4. The summed E-state index contributed by atoms with van der Waals surface area (Å²) < 4.78 is 24.3. The summed E-state index contributed by atoms with van der Waals surface area (Å²) in [5, 5.41) is 15.9. The Morgan fingerprint density at radius 1 is 1.20 bits per heavy atom. The Kier molecular flexibility index (Phi) is 7.87. The number of phenols is 1. The van der Waals surface area contributed by atoms with Crippen molar-refractivity contribution < 1.29 is 19.0 Å². The molecule has 0 radical (unpaired) electrons. The summed E-state index contributed by atoms with van der Waals surface area (Å²) in [6, 6.07) is 12.6. The third-order valence-corrected chi connectivity index (χ3v) is 5.15. The van der Waals surface area contributed by atoms with Gasteiger partial charge in [0.25, 0.3) is 0 Å². The minimum atomic E-state index is -0.635. The normalized spacial score (nSPS) is 16.2. The van der Waals surface area contributed by atoms with Gasteiger partial charge in [0.1, 0.15) is 5.75 Å². The second-order valence-electron chi connectivity index (χ2n) is 7.03. The van der Waals surface area contributed by atoms with Gasteiger partial charge in [0.2, 0.25) is 0 Å². The Morgan fingerprint density at radius 2 is 1.93 bits per heavy atom. The highest BCUT2D eigenvalue weighted by Gasteiger charge is 2.23. The smallest absolute Gasteiger partial charge is 0.191 e. The molecule has 7 nitrogen and oxygen atoms in total. The van der Waals surface area contributed by atoms with Gasteiger partial charge in [-0.1, -0.05) is 18.2 Å². The number of ether oxygens (including phenoxy) is 2. The van der Waals surface area contributed by atoms with E-state index in [4.69, 9.17) is 9.47 Å². The van der Waals surface area contributed by atoms with Crippen LogP contribution in [0.2, 0.25) is 0 Å². The number of nitrogens with one attached hydrogen (secondary N) is 2. The second-order valence-corrected chi connectivity index (χ2v) is 7.03. The summed E-state index contributed by atoms with van der Waals surface area (Å²) in [5.74, 6) is 0.458. The van der Waals surface area contributed by atoms with Crippen molar-refractivity contribution in [3.63, 3.8) is 0 Å². The van der Waals surface area contributed by atoms with Crippen molar-refractivity contribution in [2.75, 3.05) is 47.0 Å². The molecule has 3 rings (SSSR count). The number of guanidine groups is 1. The number of hydrogen-bond acceptors (Lipinski definition) is 5. The van der Waals surface area contributed by atoms with Crippen molar-refractivity contribution >= 4 is 5.96 Å². The van der Waals surface area contributed by atoms with Gasteiger partial charge in [-0.15, -0.1) is 0 Å². The predicted molar refractivity (Wildman–Crippen MR) is 114 cm³/mol. The zero-order chi connectivity index (χ0) is 21.3. The van der Waals surface area contributed by atoms with Crippen LogP contribution in [-0.4, -0.2) is 63.0 Å². The number of rotatable bonds is 7. The van der Waals surface area contributed by atoms with Crippen molar-refractivity contribution in [2.24, 2.45) is 4.99 Å². The molecule has 0 saturated carbocycles.